The lowest BCUT2D eigenvalue weighted by Crippen LogP contribution is -1.97. The minimum atomic E-state index is 0.343. The summed E-state index contributed by atoms with van der Waals surface area (Å²) in [4.78, 5) is 9.78. The number of fused-ring (bicyclic) bond motifs is 2. The quantitative estimate of drug-likeness (QED) is 0.280. The number of hydrogen-bond acceptors (Lipinski definition) is 8. The zero-order chi connectivity index (χ0) is 23.8. The standard InChI is InChI=1S/C26H20N4O4S/c1-31-19-11-17(15-33-18-7-5-6-16(10-18)21-8-3-4-9-27-21)20-13-24(34-23(20)12-19)22-14-30-25(28-22)35-26(29-30)32-2/h3-14H,15H2,1-2H3. The van der Waals surface area contributed by atoms with E-state index >= 15 is 0 Å². The Hall–Kier alpha value is -4.37. The van der Waals surface area contributed by atoms with Crippen molar-refractivity contribution in [1.82, 2.24) is 19.6 Å². The molecule has 6 aromatic rings. The molecule has 0 unspecified atom stereocenters. The number of pyridine rings is 1. The van der Waals surface area contributed by atoms with Crippen molar-refractivity contribution in [3.63, 3.8) is 0 Å². The Balaban J connectivity index is 1.31. The average Bonchev–Trinajstić information content (AvgIpc) is 3.60. The summed E-state index contributed by atoms with van der Waals surface area (Å²) in [5, 5.41) is 5.82. The first-order valence-corrected chi connectivity index (χ1v) is 11.7. The Morgan fingerprint density at radius 3 is 2.69 bits per heavy atom. The number of methoxy groups -OCH3 is 2. The van der Waals surface area contributed by atoms with E-state index in [9.17, 15) is 0 Å². The van der Waals surface area contributed by atoms with E-state index in [1.807, 2.05) is 66.9 Å². The van der Waals surface area contributed by atoms with Crippen LogP contribution >= 0.6 is 11.3 Å². The van der Waals surface area contributed by atoms with Crippen molar-refractivity contribution < 1.29 is 18.6 Å². The molecule has 0 fully saturated rings. The van der Waals surface area contributed by atoms with Crippen molar-refractivity contribution in [2.24, 2.45) is 0 Å². The van der Waals surface area contributed by atoms with Crippen LogP contribution in [0, 0.1) is 0 Å². The van der Waals surface area contributed by atoms with E-state index < -0.39 is 0 Å². The molecular weight excluding hydrogens is 464 g/mol. The van der Waals surface area contributed by atoms with Gasteiger partial charge < -0.3 is 18.6 Å². The summed E-state index contributed by atoms with van der Waals surface area (Å²) >= 11 is 1.37. The number of imidazole rings is 1. The second-order valence-corrected chi connectivity index (χ2v) is 8.68. The summed E-state index contributed by atoms with van der Waals surface area (Å²) in [5.74, 6) is 2.09. The van der Waals surface area contributed by atoms with E-state index in [0.717, 1.165) is 32.9 Å². The average molecular weight is 485 g/mol. The Morgan fingerprint density at radius 1 is 0.943 bits per heavy atom. The van der Waals surface area contributed by atoms with Crippen LogP contribution in [0.25, 0.3) is 38.6 Å². The number of rotatable bonds is 7. The Morgan fingerprint density at radius 2 is 1.89 bits per heavy atom. The van der Waals surface area contributed by atoms with Gasteiger partial charge in [-0.25, -0.2) is 9.50 Å². The number of aromatic nitrogens is 4. The zero-order valence-corrected chi connectivity index (χ0v) is 19.8. The van der Waals surface area contributed by atoms with Gasteiger partial charge in [0.25, 0.3) is 5.19 Å². The van der Waals surface area contributed by atoms with Crippen LogP contribution in [0.5, 0.6) is 16.7 Å². The molecule has 0 amide bonds. The van der Waals surface area contributed by atoms with Crippen LogP contribution < -0.4 is 14.2 Å². The summed E-state index contributed by atoms with van der Waals surface area (Å²) in [5.41, 5.74) is 4.22. The van der Waals surface area contributed by atoms with Crippen molar-refractivity contribution in [1.29, 1.82) is 0 Å². The molecule has 35 heavy (non-hydrogen) atoms. The zero-order valence-electron chi connectivity index (χ0n) is 19.0. The molecule has 0 aliphatic carbocycles. The lowest BCUT2D eigenvalue weighted by molar-refractivity contribution is 0.307. The van der Waals surface area contributed by atoms with Crippen LogP contribution in [0.1, 0.15) is 5.56 Å². The van der Waals surface area contributed by atoms with Crippen LogP contribution in [-0.4, -0.2) is 33.8 Å². The molecule has 0 bridgehead atoms. The van der Waals surface area contributed by atoms with E-state index in [2.05, 4.69) is 15.1 Å². The van der Waals surface area contributed by atoms with E-state index in [1.54, 1.807) is 24.9 Å². The van der Waals surface area contributed by atoms with E-state index in [-0.39, 0.29) is 0 Å². The summed E-state index contributed by atoms with van der Waals surface area (Å²) < 4.78 is 24.7. The summed E-state index contributed by atoms with van der Waals surface area (Å²) in [7, 11) is 3.22. The number of benzene rings is 2. The summed E-state index contributed by atoms with van der Waals surface area (Å²) in [6.45, 7) is 0.343. The maximum Gasteiger partial charge on any atom is 0.294 e. The van der Waals surface area contributed by atoms with E-state index in [4.69, 9.17) is 18.6 Å². The minimum Gasteiger partial charge on any atom is -0.497 e. The molecule has 0 aliphatic heterocycles. The molecule has 9 heteroatoms. The molecule has 0 spiro atoms. The molecule has 0 saturated heterocycles. The van der Waals surface area contributed by atoms with Crippen molar-refractivity contribution in [2.45, 2.75) is 6.61 Å². The molecule has 4 heterocycles. The Bertz CT molecular complexity index is 1610. The molecule has 6 rings (SSSR count). The molecule has 2 aromatic carbocycles. The van der Waals surface area contributed by atoms with Crippen LogP contribution in [0.4, 0.5) is 0 Å². The van der Waals surface area contributed by atoms with Gasteiger partial charge in [-0.05, 0) is 47.7 Å². The third kappa shape index (κ3) is 4.06. The smallest absolute Gasteiger partial charge is 0.294 e. The molecule has 0 aliphatic rings. The van der Waals surface area contributed by atoms with E-state index in [0.29, 0.717) is 34.6 Å². The monoisotopic (exact) mass is 484 g/mol. The minimum absolute atomic E-state index is 0.343. The molecule has 174 valence electrons. The van der Waals surface area contributed by atoms with Crippen LogP contribution in [0.2, 0.25) is 0 Å². The maximum atomic E-state index is 6.17. The van der Waals surface area contributed by atoms with Gasteiger partial charge in [0.1, 0.15) is 29.4 Å². The third-order valence-electron chi connectivity index (χ3n) is 5.57. The van der Waals surface area contributed by atoms with Gasteiger partial charge in [0, 0.05) is 28.8 Å². The fourth-order valence-corrected chi connectivity index (χ4v) is 4.57. The normalized spacial score (nSPS) is 11.3. The lowest BCUT2D eigenvalue weighted by Gasteiger charge is -2.10. The first-order chi connectivity index (χ1) is 17.2. The first-order valence-electron chi connectivity index (χ1n) is 10.9. The number of furan rings is 1. The second-order valence-electron chi connectivity index (χ2n) is 7.77. The predicted molar refractivity (Wildman–Crippen MR) is 133 cm³/mol. The van der Waals surface area contributed by atoms with Crippen LogP contribution in [-0.2, 0) is 6.61 Å². The van der Waals surface area contributed by atoms with Gasteiger partial charge >= 0.3 is 0 Å². The van der Waals surface area contributed by atoms with Crippen LogP contribution in [0.3, 0.4) is 0 Å². The number of nitrogens with zero attached hydrogens (tertiary/aromatic N) is 4. The maximum absolute atomic E-state index is 6.17. The summed E-state index contributed by atoms with van der Waals surface area (Å²) in [6.07, 6.45) is 3.60. The van der Waals surface area contributed by atoms with Gasteiger partial charge in [0.2, 0.25) is 4.96 Å². The highest BCUT2D eigenvalue weighted by atomic mass is 32.1. The van der Waals surface area contributed by atoms with Crippen molar-refractivity contribution in [2.75, 3.05) is 14.2 Å². The van der Waals surface area contributed by atoms with E-state index in [1.165, 1.54) is 11.3 Å². The molecular formula is C26H20N4O4S. The highest BCUT2D eigenvalue weighted by molar-refractivity contribution is 7.18. The van der Waals surface area contributed by atoms with Crippen LogP contribution in [0.15, 0.2) is 77.5 Å². The van der Waals surface area contributed by atoms with Crippen molar-refractivity contribution in [3.8, 4) is 39.4 Å². The fraction of sp³-hybridized carbons (Fsp3) is 0.115. The van der Waals surface area contributed by atoms with Gasteiger partial charge in [-0.1, -0.05) is 18.2 Å². The first kappa shape index (κ1) is 21.2. The lowest BCUT2D eigenvalue weighted by atomic mass is 10.1. The molecule has 0 atom stereocenters. The molecule has 0 radical (unpaired) electrons. The molecule has 8 nitrogen and oxygen atoms in total. The van der Waals surface area contributed by atoms with Gasteiger partial charge in [-0.15, -0.1) is 5.10 Å². The molecule has 0 N–H and O–H groups in total. The topological polar surface area (TPSA) is 83.9 Å². The van der Waals surface area contributed by atoms with Gasteiger partial charge in [0.15, 0.2) is 5.76 Å². The van der Waals surface area contributed by atoms with Gasteiger partial charge in [0.05, 0.1) is 26.1 Å². The third-order valence-corrected chi connectivity index (χ3v) is 6.46. The molecule has 4 aromatic heterocycles. The Labute approximate surface area is 204 Å². The highest BCUT2D eigenvalue weighted by Crippen LogP contribution is 2.34. The van der Waals surface area contributed by atoms with Gasteiger partial charge in [-0.2, -0.15) is 0 Å². The largest absolute Gasteiger partial charge is 0.497 e. The Kier molecular flexibility index (Phi) is 5.31. The fourth-order valence-electron chi connectivity index (χ4n) is 3.87. The summed E-state index contributed by atoms with van der Waals surface area (Å²) in [6, 6.07) is 19.5. The SMILES string of the molecule is COc1cc(COc2cccc(-c3ccccn3)c2)c2cc(-c3cn4nc(OC)sc4n3)oc2c1. The number of ether oxygens (including phenoxy) is 3. The van der Waals surface area contributed by atoms with Crippen molar-refractivity contribution in [3.05, 3.63) is 78.6 Å². The van der Waals surface area contributed by atoms with Gasteiger partial charge in [-0.3, -0.25) is 4.98 Å². The van der Waals surface area contributed by atoms with Crippen molar-refractivity contribution >= 4 is 27.3 Å². The predicted octanol–water partition coefficient (Wildman–Crippen LogP) is 5.86. The highest BCUT2D eigenvalue weighted by Gasteiger charge is 2.17. The number of hydrogen-bond donors (Lipinski definition) is 0. The second kappa shape index (κ2) is 8.77. The molecule has 0 saturated carbocycles.